The predicted molar refractivity (Wildman–Crippen MR) is 56.4 cm³/mol. The van der Waals surface area contributed by atoms with E-state index in [-0.39, 0.29) is 12.7 Å². The molecule has 2 rings (SSSR count). The maximum Gasteiger partial charge on any atom is 0.166 e. The van der Waals surface area contributed by atoms with Crippen LogP contribution < -0.4 is 0 Å². The van der Waals surface area contributed by atoms with Gasteiger partial charge >= 0.3 is 0 Å². The third kappa shape index (κ3) is 2.42. The lowest BCUT2D eigenvalue weighted by Gasteiger charge is -2.25. The van der Waals surface area contributed by atoms with Crippen molar-refractivity contribution in [1.82, 2.24) is 0 Å². The lowest BCUT2D eigenvalue weighted by Crippen LogP contribution is -2.30. The molecule has 2 aliphatic heterocycles. The summed E-state index contributed by atoms with van der Waals surface area (Å²) in [6.07, 6.45) is 2.13. The summed E-state index contributed by atoms with van der Waals surface area (Å²) < 4.78 is 11.3. The molecular formula is C10H18O3S. The smallest absolute Gasteiger partial charge is 0.166 e. The second-order valence-corrected chi connectivity index (χ2v) is 5.45. The topological polar surface area (TPSA) is 38.7 Å². The average Bonchev–Trinajstić information content (AvgIpc) is 2.76. The maximum atomic E-state index is 8.95. The van der Waals surface area contributed by atoms with Crippen molar-refractivity contribution in [3.63, 3.8) is 0 Å². The van der Waals surface area contributed by atoms with Gasteiger partial charge in [-0.3, -0.25) is 0 Å². The minimum atomic E-state index is -0.442. The molecule has 3 atom stereocenters. The van der Waals surface area contributed by atoms with Crippen molar-refractivity contribution in [3.8, 4) is 0 Å². The molecule has 4 heteroatoms. The Kier molecular flexibility index (Phi) is 3.37. The van der Waals surface area contributed by atoms with E-state index in [4.69, 9.17) is 14.6 Å². The van der Waals surface area contributed by atoms with Gasteiger partial charge in [-0.25, -0.2) is 0 Å². The zero-order valence-corrected chi connectivity index (χ0v) is 9.39. The Hall–Kier alpha value is 0.230. The first-order valence-electron chi connectivity index (χ1n) is 5.22. The van der Waals surface area contributed by atoms with Crippen molar-refractivity contribution in [3.05, 3.63) is 0 Å². The third-order valence-corrected chi connectivity index (χ3v) is 4.11. The Labute approximate surface area is 89.2 Å². The van der Waals surface area contributed by atoms with Crippen LogP contribution in [0.5, 0.6) is 0 Å². The average molecular weight is 218 g/mol. The number of ether oxygens (including phenoxy) is 2. The zero-order valence-electron chi connectivity index (χ0n) is 8.57. The number of aliphatic hydroxyl groups excluding tert-OH is 1. The van der Waals surface area contributed by atoms with Gasteiger partial charge in [-0.2, -0.15) is 11.8 Å². The van der Waals surface area contributed by atoms with Gasteiger partial charge in [-0.05, 0) is 30.8 Å². The zero-order chi connectivity index (χ0) is 10.0. The van der Waals surface area contributed by atoms with Crippen molar-refractivity contribution in [1.29, 1.82) is 0 Å². The highest BCUT2D eigenvalue weighted by molar-refractivity contribution is 7.99. The van der Waals surface area contributed by atoms with E-state index in [1.54, 1.807) is 0 Å². The number of aliphatic hydroxyl groups is 1. The van der Waals surface area contributed by atoms with Crippen LogP contribution in [0.4, 0.5) is 0 Å². The monoisotopic (exact) mass is 218 g/mol. The molecule has 2 aliphatic rings. The van der Waals surface area contributed by atoms with E-state index in [9.17, 15) is 0 Å². The molecule has 14 heavy (non-hydrogen) atoms. The van der Waals surface area contributed by atoms with Crippen LogP contribution in [-0.4, -0.2) is 41.7 Å². The van der Waals surface area contributed by atoms with Crippen molar-refractivity contribution < 1.29 is 14.6 Å². The van der Waals surface area contributed by atoms with E-state index in [2.05, 4.69) is 0 Å². The summed E-state index contributed by atoms with van der Waals surface area (Å²) in [5, 5.41) is 8.95. The second-order valence-electron chi connectivity index (χ2n) is 4.30. The predicted octanol–water partition coefficient (Wildman–Crippen LogP) is 1.25. The summed E-state index contributed by atoms with van der Waals surface area (Å²) in [6.45, 7) is 2.59. The number of hydrogen-bond acceptors (Lipinski definition) is 4. The Balaban J connectivity index is 1.83. The van der Waals surface area contributed by atoms with Gasteiger partial charge in [0.1, 0.15) is 6.10 Å². The minimum absolute atomic E-state index is 0.0645. The molecule has 0 radical (unpaired) electrons. The summed E-state index contributed by atoms with van der Waals surface area (Å²) in [6, 6.07) is 0. The number of rotatable bonds is 3. The van der Waals surface area contributed by atoms with Gasteiger partial charge in [0.2, 0.25) is 0 Å². The molecule has 0 aliphatic carbocycles. The molecule has 0 aromatic carbocycles. The molecule has 2 heterocycles. The van der Waals surface area contributed by atoms with Crippen LogP contribution >= 0.6 is 11.8 Å². The number of thioether (sulfide) groups is 1. The quantitative estimate of drug-likeness (QED) is 0.774. The van der Waals surface area contributed by atoms with E-state index in [1.165, 1.54) is 17.9 Å². The highest BCUT2D eigenvalue weighted by Crippen LogP contribution is 2.35. The van der Waals surface area contributed by atoms with Crippen LogP contribution in [0.1, 0.15) is 19.8 Å². The fraction of sp³-hybridized carbons (Fsp3) is 1.00. The Morgan fingerprint density at radius 2 is 2.43 bits per heavy atom. The summed E-state index contributed by atoms with van der Waals surface area (Å²) in [4.78, 5) is 0. The first-order valence-corrected chi connectivity index (χ1v) is 6.38. The third-order valence-electron chi connectivity index (χ3n) is 2.88. The molecule has 0 saturated carbocycles. The lowest BCUT2D eigenvalue weighted by atomic mass is 10.00. The summed E-state index contributed by atoms with van der Waals surface area (Å²) in [5.41, 5.74) is 0. The molecule has 2 saturated heterocycles. The summed E-state index contributed by atoms with van der Waals surface area (Å²) in [5.74, 6) is 2.78. The van der Waals surface area contributed by atoms with Crippen LogP contribution in [0.3, 0.4) is 0 Å². The maximum absolute atomic E-state index is 8.95. The van der Waals surface area contributed by atoms with Crippen molar-refractivity contribution in [2.75, 3.05) is 24.7 Å². The van der Waals surface area contributed by atoms with E-state index in [0.29, 0.717) is 6.61 Å². The molecule has 1 N–H and O–H groups in total. The molecule has 3 unspecified atom stereocenters. The fourth-order valence-electron chi connectivity index (χ4n) is 2.16. The molecule has 3 nitrogen and oxygen atoms in total. The first-order chi connectivity index (χ1) is 6.72. The molecule has 0 spiro atoms. The molecule has 2 fully saturated rings. The highest BCUT2D eigenvalue weighted by Gasteiger charge is 2.39. The van der Waals surface area contributed by atoms with E-state index in [1.807, 2.05) is 18.7 Å². The summed E-state index contributed by atoms with van der Waals surface area (Å²) in [7, 11) is 0. The highest BCUT2D eigenvalue weighted by atomic mass is 32.2. The number of hydrogen-bond donors (Lipinski definition) is 1. The summed E-state index contributed by atoms with van der Waals surface area (Å²) >= 11 is 2.01. The SMILES string of the molecule is CC1(CC2CCSC2)OCC(CO)O1. The van der Waals surface area contributed by atoms with Gasteiger partial charge in [0.05, 0.1) is 13.2 Å². The molecule has 0 amide bonds. The van der Waals surface area contributed by atoms with Crippen LogP contribution in [0.2, 0.25) is 0 Å². The molecule has 0 aromatic heterocycles. The van der Waals surface area contributed by atoms with Crippen molar-refractivity contribution in [2.45, 2.75) is 31.7 Å². The molecule has 0 bridgehead atoms. The minimum Gasteiger partial charge on any atom is -0.394 e. The van der Waals surface area contributed by atoms with E-state index in [0.717, 1.165) is 12.3 Å². The van der Waals surface area contributed by atoms with Crippen molar-refractivity contribution in [2.24, 2.45) is 5.92 Å². The van der Waals surface area contributed by atoms with Crippen molar-refractivity contribution >= 4 is 11.8 Å². The van der Waals surface area contributed by atoms with Gasteiger partial charge in [0.15, 0.2) is 5.79 Å². The molecule has 82 valence electrons. The van der Waals surface area contributed by atoms with Gasteiger partial charge in [0, 0.05) is 6.42 Å². The van der Waals surface area contributed by atoms with E-state index < -0.39 is 5.79 Å². The van der Waals surface area contributed by atoms with Crippen LogP contribution in [0.15, 0.2) is 0 Å². The standard InChI is InChI=1S/C10H18O3S/c1-10(4-8-2-3-14-7-8)12-6-9(5-11)13-10/h8-9,11H,2-7H2,1H3. The molecular weight excluding hydrogens is 200 g/mol. The van der Waals surface area contributed by atoms with Crippen LogP contribution in [0.25, 0.3) is 0 Å². The van der Waals surface area contributed by atoms with Crippen LogP contribution in [0, 0.1) is 5.92 Å². The Morgan fingerprint density at radius 1 is 1.57 bits per heavy atom. The Morgan fingerprint density at radius 3 is 3.00 bits per heavy atom. The molecule has 0 aromatic rings. The Bertz CT molecular complexity index is 194. The van der Waals surface area contributed by atoms with Crippen LogP contribution in [-0.2, 0) is 9.47 Å². The van der Waals surface area contributed by atoms with Gasteiger partial charge in [0.25, 0.3) is 0 Å². The van der Waals surface area contributed by atoms with E-state index >= 15 is 0 Å². The van der Waals surface area contributed by atoms with Gasteiger partial charge in [-0.15, -0.1) is 0 Å². The van der Waals surface area contributed by atoms with Gasteiger partial charge in [-0.1, -0.05) is 0 Å². The normalized spacial score (nSPS) is 43.3. The second kappa shape index (κ2) is 4.39. The van der Waals surface area contributed by atoms with Gasteiger partial charge < -0.3 is 14.6 Å². The largest absolute Gasteiger partial charge is 0.394 e. The first kappa shape index (κ1) is 10.7. The lowest BCUT2D eigenvalue weighted by molar-refractivity contribution is -0.168. The fourth-order valence-corrected chi connectivity index (χ4v) is 3.44.